The quantitative estimate of drug-likeness (QED) is 0.0545. The third kappa shape index (κ3) is 9.13. The highest BCUT2D eigenvalue weighted by Gasteiger charge is 2.49. The van der Waals surface area contributed by atoms with Gasteiger partial charge in [-0.2, -0.15) is 0 Å². The molecule has 5 nitrogen and oxygen atoms in total. The summed E-state index contributed by atoms with van der Waals surface area (Å²) in [5.74, 6) is -1.38. The maximum absolute atomic E-state index is 12.9. The molecule has 6 heteroatoms. The van der Waals surface area contributed by atoms with E-state index in [-0.39, 0.29) is 41.5 Å². The first-order valence-corrected chi connectivity index (χ1v) is 15.7. The van der Waals surface area contributed by atoms with Crippen LogP contribution in [0.15, 0.2) is 61.8 Å². The molecule has 0 aromatic rings. The topological polar surface area (TPSA) is 65.1 Å². The number of epoxide rings is 1. The number of hydrogen-bond acceptors (Lipinski definition) is 5. The van der Waals surface area contributed by atoms with Crippen LogP contribution in [0.5, 0.6) is 0 Å². The van der Waals surface area contributed by atoms with Gasteiger partial charge in [-0.25, -0.2) is 0 Å². The van der Waals surface area contributed by atoms with Crippen molar-refractivity contribution in [2.45, 2.75) is 103 Å². The van der Waals surface area contributed by atoms with Crippen LogP contribution < -0.4 is 0 Å². The van der Waals surface area contributed by atoms with E-state index in [1.165, 1.54) is 0 Å². The highest BCUT2D eigenvalue weighted by atomic mass is 28.4. The van der Waals surface area contributed by atoms with E-state index in [1.807, 2.05) is 13.8 Å². The summed E-state index contributed by atoms with van der Waals surface area (Å²) in [6.07, 6.45) is 3.38. The van der Waals surface area contributed by atoms with Gasteiger partial charge in [0.2, 0.25) is 0 Å². The predicted octanol–water partition coefficient (Wildman–Crippen LogP) is 7.13. The number of rotatable bonds is 16. The van der Waals surface area contributed by atoms with Gasteiger partial charge < -0.3 is 13.9 Å². The van der Waals surface area contributed by atoms with Gasteiger partial charge >= 0.3 is 5.97 Å². The number of allylic oxidation sites excluding steroid dienone is 1. The Hall–Kier alpha value is -2.02. The van der Waals surface area contributed by atoms with Crippen LogP contribution in [0.25, 0.3) is 0 Å². The van der Waals surface area contributed by atoms with Crippen LogP contribution in [-0.4, -0.2) is 44.5 Å². The summed E-state index contributed by atoms with van der Waals surface area (Å²) in [6.45, 7) is 36.2. The summed E-state index contributed by atoms with van der Waals surface area (Å²) in [7, 11) is -2.11. The fraction of sp³-hybridized carbons (Fsp3) is 0.600. The number of carbonyl (C=O) groups is 2. The zero-order chi connectivity index (χ0) is 28.0. The van der Waals surface area contributed by atoms with Crippen molar-refractivity contribution < 1.29 is 23.5 Å². The zero-order valence-corrected chi connectivity index (χ0v) is 24.8. The molecule has 1 unspecified atom stereocenters. The van der Waals surface area contributed by atoms with E-state index >= 15 is 0 Å². The first kappa shape index (κ1) is 32.0. The van der Waals surface area contributed by atoms with Crippen LogP contribution in [0.3, 0.4) is 0 Å². The highest BCUT2D eigenvalue weighted by Crippen LogP contribution is 2.42. The molecule has 1 aliphatic heterocycles. The van der Waals surface area contributed by atoms with Gasteiger partial charge in [-0.15, -0.1) is 0 Å². The Morgan fingerprint density at radius 1 is 1.11 bits per heavy atom. The highest BCUT2D eigenvalue weighted by molar-refractivity contribution is 6.74. The van der Waals surface area contributed by atoms with Gasteiger partial charge in [0.05, 0.1) is 12.2 Å². The first-order valence-electron chi connectivity index (χ1n) is 12.8. The molecule has 0 amide bonds. The molecule has 1 rings (SSSR count). The van der Waals surface area contributed by atoms with E-state index in [9.17, 15) is 9.59 Å². The third-order valence-corrected chi connectivity index (χ3v) is 12.1. The van der Waals surface area contributed by atoms with Gasteiger partial charge in [-0.3, -0.25) is 9.59 Å². The second-order valence-corrected chi connectivity index (χ2v) is 16.4. The van der Waals surface area contributed by atoms with Gasteiger partial charge in [0.1, 0.15) is 18.6 Å². The predicted molar refractivity (Wildman–Crippen MR) is 151 cm³/mol. The molecule has 0 aromatic heterocycles. The normalized spacial score (nSPS) is 20.9. The maximum Gasteiger partial charge on any atom is 0.313 e. The van der Waals surface area contributed by atoms with Gasteiger partial charge in [0, 0.05) is 18.3 Å². The lowest BCUT2D eigenvalue weighted by Gasteiger charge is -2.39. The summed E-state index contributed by atoms with van der Waals surface area (Å²) in [5.41, 5.74) is 2.53. The lowest BCUT2D eigenvalue weighted by atomic mass is 9.90. The van der Waals surface area contributed by atoms with Crippen molar-refractivity contribution in [3.05, 3.63) is 61.8 Å². The maximum atomic E-state index is 12.9. The Morgan fingerprint density at radius 2 is 1.69 bits per heavy atom. The number of hydrogen-bond donors (Lipinski definition) is 0. The minimum atomic E-state index is -2.11. The lowest BCUT2D eigenvalue weighted by molar-refractivity contribution is -0.150. The monoisotopic (exact) mass is 516 g/mol. The summed E-state index contributed by atoms with van der Waals surface area (Å²) in [4.78, 5) is 25.4. The first-order chi connectivity index (χ1) is 16.4. The van der Waals surface area contributed by atoms with E-state index < -0.39 is 26.3 Å². The smallest absolute Gasteiger partial charge is 0.313 e. The molecule has 0 aliphatic carbocycles. The second kappa shape index (κ2) is 13.0. The van der Waals surface area contributed by atoms with E-state index in [0.717, 1.165) is 16.7 Å². The number of esters is 1. The number of carbonyl (C=O) groups excluding carboxylic acids is 2. The Morgan fingerprint density at radius 3 is 2.17 bits per heavy atom. The molecular weight excluding hydrogens is 468 g/mol. The number of Topliss-reactive ketones (excluding diaryl/α,β-unsaturated/α-hetero) is 1. The van der Waals surface area contributed by atoms with Gasteiger partial charge in [-0.05, 0) is 31.5 Å². The fourth-order valence-electron chi connectivity index (χ4n) is 3.56. The summed E-state index contributed by atoms with van der Waals surface area (Å²) >= 11 is 0. The summed E-state index contributed by atoms with van der Waals surface area (Å²) in [6, 6.07) is 0. The third-order valence-electron chi connectivity index (χ3n) is 7.64. The van der Waals surface area contributed by atoms with Crippen molar-refractivity contribution in [2.24, 2.45) is 11.8 Å². The average molecular weight is 517 g/mol. The molecule has 0 spiro atoms. The van der Waals surface area contributed by atoms with E-state index in [0.29, 0.717) is 12.8 Å². The minimum absolute atomic E-state index is 0.0187. The molecule has 1 fully saturated rings. The average Bonchev–Trinajstić information content (AvgIpc) is 3.53. The molecule has 0 saturated carbocycles. The van der Waals surface area contributed by atoms with Gasteiger partial charge in [0.15, 0.2) is 14.1 Å². The van der Waals surface area contributed by atoms with Crippen LogP contribution >= 0.6 is 0 Å². The number of ether oxygens (including phenoxy) is 2. The zero-order valence-electron chi connectivity index (χ0n) is 23.8. The van der Waals surface area contributed by atoms with Crippen molar-refractivity contribution in [1.29, 1.82) is 0 Å². The molecule has 202 valence electrons. The van der Waals surface area contributed by atoms with Crippen LogP contribution in [-0.2, 0) is 23.5 Å². The number of ketones is 1. The summed E-state index contributed by atoms with van der Waals surface area (Å²) in [5, 5.41) is 0.0233. The van der Waals surface area contributed by atoms with Crippen molar-refractivity contribution in [1.82, 2.24) is 0 Å². The van der Waals surface area contributed by atoms with Crippen LogP contribution in [0.1, 0.15) is 60.8 Å². The SMILES string of the molecule is C=CC(=C)C[C@H]1O[C@@H]1[C@@H](CC(=C)[C@H](C)C(=O)CC(=O)OC(C=C)[C@@H](C)C(=C)C)O[Si](C)(C)C(C)(C)C. The Balaban J connectivity index is 2.88. The molecular formula is C30H48O5Si. The molecule has 1 saturated heterocycles. The van der Waals surface area contributed by atoms with Gasteiger partial charge in [-0.1, -0.05) is 96.4 Å². The van der Waals surface area contributed by atoms with Gasteiger partial charge in [0.25, 0.3) is 0 Å². The van der Waals surface area contributed by atoms with E-state index in [4.69, 9.17) is 13.9 Å². The Labute approximate surface area is 220 Å². The van der Waals surface area contributed by atoms with Crippen molar-refractivity contribution >= 4 is 20.1 Å². The fourth-order valence-corrected chi connectivity index (χ4v) is 4.88. The molecule has 0 radical (unpaired) electrons. The molecule has 0 N–H and O–H groups in total. The van der Waals surface area contributed by atoms with Crippen LogP contribution in [0.4, 0.5) is 0 Å². The summed E-state index contributed by atoms with van der Waals surface area (Å²) < 4.78 is 18.2. The molecule has 0 bridgehead atoms. The molecule has 1 aliphatic rings. The standard InChI is InChI=1S/C30H48O5Si/c1-14-20(5)16-26-29(34-26)27(35-36(12,13)30(9,10)11)17-21(6)23(8)24(31)18-28(32)33-25(15-2)22(7)19(3)4/h14-15,22-23,25-27,29H,1-3,5-6,16-18H2,4,7-13H3/t22-,23-,25?,26+,27+,29-/m0/s1. The molecule has 6 atom stereocenters. The van der Waals surface area contributed by atoms with Crippen molar-refractivity contribution in [2.75, 3.05) is 0 Å². The minimum Gasteiger partial charge on any atom is -0.457 e. The molecule has 1 heterocycles. The Bertz CT molecular complexity index is 878. The van der Waals surface area contributed by atoms with Crippen molar-refractivity contribution in [3.8, 4) is 0 Å². The Kier molecular flexibility index (Phi) is 11.5. The second-order valence-electron chi connectivity index (χ2n) is 11.7. The molecule has 0 aromatic carbocycles. The van der Waals surface area contributed by atoms with Crippen LogP contribution in [0.2, 0.25) is 18.1 Å². The van der Waals surface area contributed by atoms with Crippen LogP contribution in [0, 0.1) is 11.8 Å². The van der Waals surface area contributed by atoms with E-state index in [2.05, 4.69) is 66.8 Å². The van der Waals surface area contributed by atoms with E-state index in [1.54, 1.807) is 19.1 Å². The largest absolute Gasteiger partial charge is 0.457 e. The molecule has 36 heavy (non-hydrogen) atoms. The lowest BCUT2D eigenvalue weighted by Crippen LogP contribution is -2.46. The van der Waals surface area contributed by atoms with Crippen molar-refractivity contribution in [3.63, 3.8) is 0 Å².